The van der Waals surface area contributed by atoms with E-state index in [2.05, 4.69) is 10.2 Å². The third-order valence-corrected chi connectivity index (χ3v) is 7.37. The minimum absolute atomic E-state index is 0.0552. The van der Waals surface area contributed by atoms with Crippen molar-refractivity contribution in [3.05, 3.63) is 47.7 Å². The molecule has 3 atom stereocenters. The van der Waals surface area contributed by atoms with E-state index in [1.165, 1.54) is 11.2 Å². The van der Waals surface area contributed by atoms with Crippen LogP contribution in [0.4, 0.5) is 9.18 Å². The Morgan fingerprint density at radius 3 is 2.75 bits per heavy atom. The quantitative estimate of drug-likeness (QED) is 0.238. The second kappa shape index (κ2) is 12.8. The first kappa shape index (κ1) is 29.5. The summed E-state index contributed by atoms with van der Waals surface area (Å²) in [6, 6.07) is 8.38. The molecule has 214 valence electrons. The van der Waals surface area contributed by atoms with E-state index in [-0.39, 0.29) is 31.6 Å². The number of likely N-dealkylation sites (tertiary alicyclic amines) is 1. The molecule has 3 heterocycles. The number of benzene rings is 1. The van der Waals surface area contributed by atoms with E-state index in [9.17, 15) is 29.3 Å². The predicted molar refractivity (Wildman–Crippen MR) is 144 cm³/mol. The fourth-order valence-corrected chi connectivity index (χ4v) is 5.17. The summed E-state index contributed by atoms with van der Waals surface area (Å²) in [6.45, 7) is 5.65. The Balaban J connectivity index is 1.38. The Kier molecular flexibility index (Phi) is 9.47. The number of hydrogen-bond acceptors (Lipinski definition) is 9. The molecule has 4 rings (SSSR count). The van der Waals surface area contributed by atoms with Gasteiger partial charge in [-0.2, -0.15) is 5.26 Å². The molecule has 2 aromatic rings. The topological polar surface area (TPSA) is 148 Å². The van der Waals surface area contributed by atoms with Gasteiger partial charge in [-0.25, -0.2) is 9.18 Å². The van der Waals surface area contributed by atoms with Crippen LogP contribution in [-0.4, -0.2) is 102 Å². The third kappa shape index (κ3) is 7.00. The number of amides is 2. The number of hydrogen-bond donors (Lipinski definition) is 3. The first-order chi connectivity index (χ1) is 19.1. The molecule has 3 N–H and O–H groups in total. The summed E-state index contributed by atoms with van der Waals surface area (Å²) in [7, 11) is -1.89. The van der Waals surface area contributed by atoms with E-state index in [4.69, 9.17) is 13.9 Å². The standard InChI is InChI=1S/C27H34BFN4O7/c1-27(2,32-7-9-38-10-8-32)13-19(14-30)25(34)33-15-20(29)12-21(33)17-40-26(35)31-24(28(36)37)11-18-16-39-23-6-4-3-5-22(18)23/h3-6,13,16,20-21,24,36-37H,7-12,15,17H2,1-2H3,(H,31,35)/b19-13+/t20-,21+,24-/m0/s1. The third-order valence-electron chi connectivity index (χ3n) is 7.37. The van der Waals surface area contributed by atoms with Crippen LogP contribution < -0.4 is 5.32 Å². The zero-order valence-corrected chi connectivity index (χ0v) is 22.6. The first-order valence-electron chi connectivity index (χ1n) is 13.2. The molecule has 2 fully saturated rings. The summed E-state index contributed by atoms with van der Waals surface area (Å²) in [5.74, 6) is -1.74. The summed E-state index contributed by atoms with van der Waals surface area (Å²) in [4.78, 5) is 29.2. The van der Waals surface area contributed by atoms with Crippen molar-refractivity contribution in [2.45, 2.75) is 50.4 Å². The van der Waals surface area contributed by atoms with Gasteiger partial charge in [-0.05, 0) is 38.0 Å². The van der Waals surface area contributed by atoms with Gasteiger partial charge in [-0.15, -0.1) is 0 Å². The number of fused-ring (bicyclic) bond motifs is 1. The molecule has 2 aliphatic heterocycles. The molecule has 2 aliphatic rings. The average molecular weight is 556 g/mol. The smallest absolute Gasteiger partial charge is 0.464 e. The van der Waals surface area contributed by atoms with Crippen LogP contribution in [0, 0.1) is 11.3 Å². The second-order valence-electron chi connectivity index (χ2n) is 10.6. The summed E-state index contributed by atoms with van der Waals surface area (Å²) in [6.07, 6.45) is 0.775. The Bertz CT molecular complexity index is 1270. The molecule has 0 spiro atoms. The molecule has 0 unspecified atom stereocenters. The zero-order valence-electron chi connectivity index (χ0n) is 22.6. The van der Waals surface area contributed by atoms with Gasteiger partial charge >= 0.3 is 13.2 Å². The number of rotatable bonds is 9. The van der Waals surface area contributed by atoms with Crippen molar-refractivity contribution in [3.8, 4) is 6.07 Å². The molecule has 0 aliphatic carbocycles. The van der Waals surface area contributed by atoms with Crippen LogP contribution in [0.2, 0.25) is 0 Å². The number of alkyl halides is 1. The van der Waals surface area contributed by atoms with Gasteiger partial charge in [-0.1, -0.05) is 18.2 Å². The Morgan fingerprint density at radius 2 is 2.05 bits per heavy atom. The van der Waals surface area contributed by atoms with Crippen molar-refractivity contribution >= 4 is 30.1 Å². The van der Waals surface area contributed by atoms with E-state index in [0.29, 0.717) is 37.4 Å². The summed E-state index contributed by atoms with van der Waals surface area (Å²) < 4.78 is 30.5. The molecule has 2 saturated heterocycles. The number of para-hydroxylation sites is 1. The fraction of sp³-hybridized carbons (Fsp3) is 0.519. The SMILES string of the molecule is CC(C)(/C=C(\C#N)C(=O)N1C[C@@H](F)C[C@@H]1COC(=O)N[C@@H](Cc1coc2ccccc12)B(O)O)N1CCOCC1. The number of nitrogens with one attached hydrogen (secondary N) is 1. The molecule has 0 radical (unpaired) electrons. The lowest BCUT2D eigenvalue weighted by Crippen LogP contribution is -2.49. The number of carbonyl (C=O) groups excluding carboxylic acids is 2. The maximum Gasteiger partial charge on any atom is 0.475 e. The van der Waals surface area contributed by atoms with E-state index in [1.54, 1.807) is 12.1 Å². The minimum Gasteiger partial charge on any atom is -0.464 e. The van der Waals surface area contributed by atoms with Gasteiger partial charge in [0.05, 0.1) is 38.0 Å². The van der Waals surface area contributed by atoms with Crippen molar-refractivity contribution in [2.75, 3.05) is 39.5 Å². The lowest BCUT2D eigenvalue weighted by atomic mass is 9.76. The van der Waals surface area contributed by atoms with Crippen LogP contribution in [0.25, 0.3) is 11.0 Å². The normalized spacial score (nSPS) is 21.2. The molecule has 0 saturated carbocycles. The number of furan rings is 1. The van der Waals surface area contributed by atoms with Crippen LogP contribution in [0.5, 0.6) is 0 Å². The molecular formula is C27H34BFN4O7. The Morgan fingerprint density at radius 1 is 1.32 bits per heavy atom. The fourth-order valence-electron chi connectivity index (χ4n) is 5.17. The molecule has 0 bridgehead atoms. The Labute approximate surface area is 232 Å². The van der Waals surface area contributed by atoms with E-state index >= 15 is 0 Å². The van der Waals surface area contributed by atoms with Gasteiger partial charge in [0.2, 0.25) is 0 Å². The number of nitrogens with zero attached hydrogens (tertiary/aromatic N) is 3. The van der Waals surface area contributed by atoms with Crippen molar-refractivity contribution in [1.29, 1.82) is 5.26 Å². The number of alkyl carbamates (subject to hydrolysis) is 1. The van der Waals surface area contributed by atoms with Gasteiger partial charge < -0.3 is 34.2 Å². The van der Waals surface area contributed by atoms with E-state index in [0.717, 1.165) is 5.39 Å². The van der Waals surface area contributed by atoms with Gasteiger partial charge in [0.1, 0.15) is 30.0 Å². The number of nitriles is 1. The van der Waals surface area contributed by atoms with E-state index < -0.39 is 42.8 Å². The maximum atomic E-state index is 14.4. The zero-order chi connectivity index (χ0) is 28.9. The Hall–Kier alpha value is -3.44. The van der Waals surface area contributed by atoms with Crippen LogP contribution in [0.1, 0.15) is 25.8 Å². The molecule has 1 aromatic heterocycles. The van der Waals surface area contributed by atoms with Crippen LogP contribution in [0.15, 0.2) is 46.6 Å². The van der Waals surface area contributed by atoms with Crippen molar-refractivity contribution in [2.24, 2.45) is 0 Å². The van der Waals surface area contributed by atoms with Gasteiger partial charge in [0.15, 0.2) is 0 Å². The maximum absolute atomic E-state index is 14.4. The average Bonchev–Trinajstić information content (AvgIpc) is 3.53. The van der Waals surface area contributed by atoms with Crippen molar-refractivity contribution in [3.63, 3.8) is 0 Å². The highest BCUT2D eigenvalue weighted by molar-refractivity contribution is 6.43. The summed E-state index contributed by atoms with van der Waals surface area (Å²) in [5, 5.41) is 32.6. The molecule has 1 aromatic carbocycles. The number of morpholine rings is 1. The summed E-state index contributed by atoms with van der Waals surface area (Å²) >= 11 is 0. The number of carbonyl (C=O) groups is 2. The number of halogens is 1. The lowest BCUT2D eigenvalue weighted by molar-refractivity contribution is -0.128. The van der Waals surface area contributed by atoms with Crippen LogP contribution >= 0.6 is 0 Å². The first-order valence-corrected chi connectivity index (χ1v) is 13.2. The van der Waals surface area contributed by atoms with Gasteiger partial charge in [0, 0.05) is 30.4 Å². The molecule has 40 heavy (non-hydrogen) atoms. The molecular weight excluding hydrogens is 522 g/mol. The summed E-state index contributed by atoms with van der Waals surface area (Å²) in [5.41, 5.74) is 0.566. The minimum atomic E-state index is -1.89. The van der Waals surface area contributed by atoms with Crippen molar-refractivity contribution < 1.29 is 37.9 Å². The van der Waals surface area contributed by atoms with Crippen LogP contribution in [-0.2, 0) is 20.7 Å². The second-order valence-corrected chi connectivity index (χ2v) is 10.6. The highest BCUT2D eigenvalue weighted by Crippen LogP contribution is 2.26. The monoisotopic (exact) mass is 556 g/mol. The van der Waals surface area contributed by atoms with Gasteiger partial charge in [-0.3, -0.25) is 9.69 Å². The molecule has 2 amide bonds. The lowest BCUT2D eigenvalue weighted by Gasteiger charge is -2.39. The van der Waals surface area contributed by atoms with Crippen LogP contribution in [0.3, 0.4) is 0 Å². The highest BCUT2D eigenvalue weighted by atomic mass is 19.1. The van der Waals surface area contributed by atoms with E-state index in [1.807, 2.05) is 38.1 Å². The highest BCUT2D eigenvalue weighted by Gasteiger charge is 2.39. The largest absolute Gasteiger partial charge is 0.475 e. The molecule has 11 nitrogen and oxygen atoms in total. The van der Waals surface area contributed by atoms with Gasteiger partial charge in [0.25, 0.3) is 5.91 Å². The molecule has 13 heteroatoms. The van der Waals surface area contributed by atoms with Crippen molar-refractivity contribution in [1.82, 2.24) is 15.1 Å². The predicted octanol–water partition coefficient (Wildman–Crippen LogP) is 1.58. The number of ether oxygens (including phenoxy) is 2.